The second-order valence-corrected chi connectivity index (χ2v) is 6.88. The van der Waals surface area contributed by atoms with Crippen LogP contribution in [0.5, 0.6) is 5.88 Å². The Hall–Kier alpha value is -2.79. The van der Waals surface area contributed by atoms with E-state index in [0.29, 0.717) is 0 Å². The molecule has 1 aliphatic rings. The zero-order chi connectivity index (χ0) is 21.4. The summed E-state index contributed by atoms with van der Waals surface area (Å²) in [5.41, 5.74) is 3.70. The van der Waals surface area contributed by atoms with Gasteiger partial charge in [0, 0.05) is 11.3 Å². The average molecular weight is 413 g/mol. The Labute approximate surface area is 163 Å². The topological polar surface area (TPSA) is 102 Å². The summed E-state index contributed by atoms with van der Waals surface area (Å²) >= 11 is 0. The average Bonchev–Trinajstić information content (AvgIpc) is 2.99. The van der Waals surface area contributed by atoms with Crippen LogP contribution in [0, 0.1) is 11.7 Å². The van der Waals surface area contributed by atoms with E-state index in [9.17, 15) is 22.4 Å². The molecule has 0 spiro atoms. The van der Waals surface area contributed by atoms with Gasteiger partial charge in [0.2, 0.25) is 5.88 Å². The first-order valence-electron chi connectivity index (χ1n) is 8.62. The van der Waals surface area contributed by atoms with Crippen LogP contribution in [0.2, 0.25) is 0 Å². The van der Waals surface area contributed by atoms with E-state index in [0.717, 1.165) is 12.1 Å². The Bertz CT molecular complexity index is 906. The van der Waals surface area contributed by atoms with Crippen LogP contribution in [0.25, 0.3) is 0 Å². The van der Waals surface area contributed by atoms with Crippen LogP contribution in [-0.2, 0) is 5.54 Å². The molecule has 1 aromatic carbocycles. The second-order valence-electron chi connectivity index (χ2n) is 6.88. The van der Waals surface area contributed by atoms with E-state index in [1.807, 2.05) is 0 Å². The van der Waals surface area contributed by atoms with Crippen molar-refractivity contribution in [2.24, 2.45) is 11.7 Å². The molecule has 1 saturated heterocycles. The van der Waals surface area contributed by atoms with Gasteiger partial charge in [-0.15, -0.1) is 0 Å². The molecule has 0 radical (unpaired) electrons. The summed E-state index contributed by atoms with van der Waals surface area (Å²) in [5, 5.41) is 5.12. The van der Waals surface area contributed by atoms with Gasteiger partial charge in [-0.05, 0) is 31.5 Å². The molecule has 2 heterocycles. The van der Waals surface area contributed by atoms with Crippen molar-refractivity contribution in [2.45, 2.75) is 31.2 Å². The molecule has 1 amide bonds. The van der Waals surface area contributed by atoms with Crippen molar-refractivity contribution >= 4 is 11.6 Å². The zero-order valence-corrected chi connectivity index (χ0v) is 15.5. The quantitative estimate of drug-likeness (QED) is 0.666. The van der Waals surface area contributed by atoms with Gasteiger partial charge in [-0.2, -0.15) is 13.2 Å². The first kappa shape index (κ1) is 20.9. The molecule has 0 bridgehead atoms. The Morgan fingerprint density at radius 2 is 2.07 bits per heavy atom. The Kier molecular flexibility index (Phi) is 5.46. The van der Waals surface area contributed by atoms with Crippen LogP contribution in [0.15, 0.2) is 30.6 Å². The summed E-state index contributed by atoms with van der Waals surface area (Å²) in [7, 11) is 1.39. The third-order valence-corrected chi connectivity index (χ3v) is 4.92. The van der Waals surface area contributed by atoms with Gasteiger partial charge in [0.1, 0.15) is 11.5 Å². The summed E-state index contributed by atoms with van der Waals surface area (Å²) in [6.45, 7) is 1.25. The maximum Gasteiger partial charge on any atom is 0.394 e. The molecule has 1 fully saturated rings. The van der Waals surface area contributed by atoms with Gasteiger partial charge in [0.05, 0.1) is 37.1 Å². The molecule has 2 aromatic rings. The molecular weight excluding hydrogens is 394 g/mol. The standard InChI is InChI=1S/C18H19F4N5O2/c1-17(13(18(20,21)22)6-14(23)27-17)10-5-9(3-4-11(10)19)26-16(28)12-7-25-15(29-2)8-24-12/h3-5,7-8,13-14,27H,6,23H2,1-2H3,(H,26,28)/t13-,14?,17-/m1/s1. The molecule has 29 heavy (non-hydrogen) atoms. The van der Waals surface area contributed by atoms with E-state index in [4.69, 9.17) is 10.5 Å². The maximum absolute atomic E-state index is 14.5. The van der Waals surface area contributed by atoms with Crippen LogP contribution in [0.1, 0.15) is 29.4 Å². The van der Waals surface area contributed by atoms with Gasteiger partial charge in [-0.25, -0.2) is 14.4 Å². The van der Waals surface area contributed by atoms with E-state index < -0.39 is 41.9 Å². The van der Waals surface area contributed by atoms with Crippen molar-refractivity contribution in [1.82, 2.24) is 15.3 Å². The minimum absolute atomic E-state index is 0.0444. The number of anilines is 1. The van der Waals surface area contributed by atoms with Gasteiger partial charge >= 0.3 is 6.18 Å². The molecule has 7 nitrogen and oxygen atoms in total. The van der Waals surface area contributed by atoms with Gasteiger partial charge < -0.3 is 15.8 Å². The van der Waals surface area contributed by atoms with Gasteiger partial charge in [-0.1, -0.05) is 0 Å². The van der Waals surface area contributed by atoms with Crippen LogP contribution >= 0.6 is 0 Å². The number of hydrogen-bond acceptors (Lipinski definition) is 6. The minimum Gasteiger partial charge on any atom is -0.480 e. The highest BCUT2D eigenvalue weighted by Gasteiger charge is 2.57. The summed E-state index contributed by atoms with van der Waals surface area (Å²) in [4.78, 5) is 20.1. The number of methoxy groups -OCH3 is 1. The third-order valence-electron chi connectivity index (χ3n) is 4.92. The Balaban J connectivity index is 1.90. The number of nitrogens with one attached hydrogen (secondary N) is 2. The summed E-state index contributed by atoms with van der Waals surface area (Å²) in [6.07, 6.45) is -3.50. The number of ether oxygens (including phenoxy) is 1. The fourth-order valence-corrected chi connectivity index (χ4v) is 3.50. The Morgan fingerprint density at radius 1 is 1.34 bits per heavy atom. The lowest BCUT2D eigenvalue weighted by Crippen LogP contribution is -2.47. The normalized spacial score (nSPS) is 24.4. The fraction of sp³-hybridized carbons (Fsp3) is 0.389. The molecule has 3 rings (SSSR count). The molecule has 4 N–H and O–H groups in total. The van der Waals surface area contributed by atoms with E-state index >= 15 is 0 Å². The van der Waals surface area contributed by atoms with E-state index in [-0.39, 0.29) is 22.8 Å². The van der Waals surface area contributed by atoms with Crippen molar-refractivity contribution in [3.63, 3.8) is 0 Å². The number of benzene rings is 1. The highest BCUT2D eigenvalue weighted by atomic mass is 19.4. The number of halogens is 4. The van der Waals surface area contributed by atoms with Gasteiger partial charge in [-0.3, -0.25) is 10.1 Å². The zero-order valence-electron chi connectivity index (χ0n) is 15.5. The first-order valence-corrected chi connectivity index (χ1v) is 8.62. The van der Waals surface area contributed by atoms with Crippen LogP contribution in [-0.4, -0.2) is 35.3 Å². The number of amides is 1. The Morgan fingerprint density at radius 3 is 2.66 bits per heavy atom. The smallest absolute Gasteiger partial charge is 0.394 e. The minimum atomic E-state index is -4.58. The van der Waals surface area contributed by atoms with Crippen LogP contribution < -0.4 is 21.1 Å². The van der Waals surface area contributed by atoms with Crippen molar-refractivity contribution in [3.05, 3.63) is 47.7 Å². The van der Waals surface area contributed by atoms with E-state index in [1.54, 1.807) is 0 Å². The summed E-state index contributed by atoms with van der Waals surface area (Å²) in [6, 6.07) is 3.40. The van der Waals surface area contributed by atoms with Crippen molar-refractivity contribution < 1.29 is 27.1 Å². The fourth-order valence-electron chi connectivity index (χ4n) is 3.50. The lowest BCUT2D eigenvalue weighted by molar-refractivity contribution is -0.188. The third kappa shape index (κ3) is 4.15. The first-order chi connectivity index (χ1) is 13.5. The maximum atomic E-state index is 14.5. The number of nitrogens with two attached hydrogens (primary N) is 1. The molecule has 3 atom stereocenters. The molecule has 1 aliphatic heterocycles. The number of alkyl halides is 3. The lowest BCUT2D eigenvalue weighted by atomic mass is 9.80. The van der Waals surface area contributed by atoms with Gasteiger partial charge in [0.25, 0.3) is 5.91 Å². The predicted molar refractivity (Wildman–Crippen MR) is 95.6 cm³/mol. The predicted octanol–water partition coefficient (Wildman–Crippen LogP) is 2.55. The molecule has 0 saturated carbocycles. The van der Waals surface area contributed by atoms with Crippen molar-refractivity contribution in [3.8, 4) is 5.88 Å². The SMILES string of the molecule is COc1cnc(C(=O)Nc2ccc(F)c([C@@]3(C)NC(N)C[C@H]3C(F)(F)F)c2)cn1. The largest absolute Gasteiger partial charge is 0.480 e. The number of carbonyl (C=O) groups excluding carboxylic acids is 1. The van der Waals surface area contributed by atoms with E-state index in [1.165, 1.54) is 32.5 Å². The summed E-state index contributed by atoms with van der Waals surface area (Å²) < 4.78 is 59.9. The highest BCUT2D eigenvalue weighted by Crippen LogP contribution is 2.47. The molecule has 1 unspecified atom stereocenters. The van der Waals surface area contributed by atoms with Crippen LogP contribution in [0.3, 0.4) is 0 Å². The summed E-state index contributed by atoms with van der Waals surface area (Å²) in [5.74, 6) is -3.19. The van der Waals surface area contributed by atoms with Crippen molar-refractivity contribution in [1.29, 1.82) is 0 Å². The van der Waals surface area contributed by atoms with Gasteiger partial charge in [0.15, 0.2) is 0 Å². The number of carbonyl (C=O) groups is 1. The number of nitrogens with zero attached hydrogens (tertiary/aromatic N) is 2. The highest BCUT2D eigenvalue weighted by molar-refractivity contribution is 6.02. The lowest BCUT2D eigenvalue weighted by Gasteiger charge is -2.34. The second kappa shape index (κ2) is 7.56. The van der Waals surface area contributed by atoms with Crippen LogP contribution in [0.4, 0.5) is 23.2 Å². The molecular formula is C18H19F4N5O2. The molecule has 156 valence electrons. The number of hydrogen-bond donors (Lipinski definition) is 3. The van der Waals surface area contributed by atoms with Crippen molar-refractivity contribution in [2.75, 3.05) is 12.4 Å². The molecule has 0 aliphatic carbocycles. The number of aromatic nitrogens is 2. The molecule has 11 heteroatoms. The molecule has 1 aromatic heterocycles. The number of rotatable bonds is 4. The monoisotopic (exact) mass is 413 g/mol. The van der Waals surface area contributed by atoms with E-state index in [2.05, 4.69) is 20.6 Å².